The van der Waals surface area contributed by atoms with Crippen LogP contribution in [0.1, 0.15) is 31.4 Å². The zero-order valence-corrected chi connectivity index (χ0v) is 24.8. The van der Waals surface area contributed by atoms with Crippen molar-refractivity contribution < 1.29 is 9.53 Å². The number of halogens is 1. The van der Waals surface area contributed by atoms with Gasteiger partial charge in [-0.05, 0) is 57.8 Å². The molecule has 12 heteroatoms. The lowest BCUT2D eigenvalue weighted by atomic mass is 9.92. The average Bonchev–Trinajstić information content (AvgIpc) is 3.47. The summed E-state index contributed by atoms with van der Waals surface area (Å²) in [7, 11) is 2.06. The molecule has 39 heavy (non-hydrogen) atoms. The number of benzene rings is 1. The number of aryl methyl sites for hydroxylation is 2. The van der Waals surface area contributed by atoms with Crippen LogP contribution in [0.15, 0.2) is 24.3 Å². The van der Waals surface area contributed by atoms with Gasteiger partial charge in [-0.3, -0.25) is 17.8 Å². The number of piperidine rings is 1. The van der Waals surface area contributed by atoms with Crippen LogP contribution in [0.4, 0.5) is 5.82 Å². The lowest BCUT2D eigenvalue weighted by Crippen LogP contribution is -2.46. The number of anilines is 1. The fraction of sp³-hybridized carbons (Fsp3) is 0.519. The number of carbonyl (C=O) groups excluding carboxylic acids is 1. The topological polar surface area (TPSA) is 106 Å². The van der Waals surface area contributed by atoms with Gasteiger partial charge in [-0.25, -0.2) is 9.97 Å². The number of ether oxygens (including phenoxy) is 1. The van der Waals surface area contributed by atoms with E-state index in [9.17, 15) is 4.79 Å². The molecule has 0 spiro atoms. The first-order valence-corrected chi connectivity index (χ1v) is 14.7. The van der Waals surface area contributed by atoms with Crippen molar-refractivity contribution in [1.82, 2.24) is 37.5 Å². The number of hydrogen-bond acceptors (Lipinski definition) is 8. The van der Waals surface area contributed by atoms with Crippen molar-refractivity contribution in [3.05, 3.63) is 35.9 Å². The highest BCUT2D eigenvalue weighted by Gasteiger charge is 2.29. The number of amides is 1. The molecule has 6 rings (SSSR count). The van der Waals surface area contributed by atoms with Gasteiger partial charge >= 0.3 is 0 Å². The van der Waals surface area contributed by atoms with Crippen LogP contribution in [0, 0.1) is 12.8 Å². The van der Waals surface area contributed by atoms with Crippen molar-refractivity contribution in [3.8, 4) is 5.95 Å². The number of para-hydroxylation sites is 2. The molecule has 0 aliphatic carbocycles. The Morgan fingerprint density at radius 1 is 1.10 bits per heavy atom. The van der Waals surface area contributed by atoms with E-state index in [2.05, 4.69) is 31.0 Å². The third-order valence-electron chi connectivity index (χ3n) is 8.16. The predicted octanol–water partition coefficient (Wildman–Crippen LogP) is 2.96. The van der Waals surface area contributed by atoms with Crippen molar-refractivity contribution in [1.29, 1.82) is 0 Å². The molecule has 2 saturated heterocycles. The number of imidazole rings is 2. The van der Waals surface area contributed by atoms with Gasteiger partial charge in [0.15, 0.2) is 17.0 Å². The molecule has 1 amide bonds. The fourth-order valence-electron chi connectivity index (χ4n) is 5.80. The predicted molar refractivity (Wildman–Crippen MR) is 158 cm³/mol. The molecule has 1 unspecified atom stereocenters. The Hall–Kier alpha value is -2.84. The highest BCUT2D eigenvalue weighted by atomic mass is 127. The molecule has 1 atom stereocenters. The molecule has 2 aliphatic rings. The van der Waals surface area contributed by atoms with Crippen LogP contribution in [0.25, 0.3) is 28.1 Å². The molecule has 2 fully saturated rings. The van der Waals surface area contributed by atoms with Gasteiger partial charge in [0.25, 0.3) is 0 Å². The average molecular weight is 644 g/mol. The SMILES string of the molecule is Cc1nc2ccccc2n1-c1nc(N2CCOCC2)c2nc(CC3CCN(C(C)C(=O)NI)CC3)n(C)c2n1. The lowest BCUT2D eigenvalue weighted by molar-refractivity contribution is -0.124. The van der Waals surface area contributed by atoms with Crippen LogP contribution < -0.4 is 8.43 Å². The maximum absolute atomic E-state index is 12.1. The highest BCUT2D eigenvalue weighted by molar-refractivity contribution is 14.1. The minimum Gasteiger partial charge on any atom is -0.378 e. The van der Waals surface area contributed by atoms with Gasteiger partial charge in [0, 0.05) is 26.6 Å². The summed E-state index contributed by atoms with van der Waals surface area (Å²) in [5.41, 5.74) is 3.58. The number of morpholine rings is 1. The second kappa shape index (κ2) is 11.0. The Morgan fingerprint density at radius 2 is 1.85 bits per heavy atom. The number of rotatable bonds is 6. The molecule has 0 bridgehead atoms. The molecular formula is C27H34IN9O2. The van der Waals surface area contributed by atoms with Crippen LogP contribution in [0.5, 0.6) is 0 Å². The Kier molecular flexibility index (Phi) is 7.42. The van der Waals surface area contributed by atoms with Gasteiger partial charge in [0.05, 0.1) is 53.2 Å². The molecule has 206 valence electrons. The molecule has 0 radical (unpaired) electrons. The first kappa shape index (κ1) is 26.4. The first-order valence-electron chi connectivity index (χ1n) is 13.6. The number of hydrogen-bond donors (Lipinski definition) is 1. The van der Waals surface area contributed by atoms with E-state index in [0.29, 0.717) is 25.1 Å². The Bertz CT molecular complexity index is 1500. The lowest BCUT2D eigenvalue weighted by Gasteiger charge is -2.34. The number of fused-ring (bicyclic) bond motifs is 2. The van der Waals surface area contributed by atoms with E-state index in [0.717, 1.165) is 85.1 Å². The summed E-state index contributed by atoms with van der Waals surface area (Å²) in [6, 6.07) is 7.99. The Morgan fingerprint density at radius 3 is 2.59 bits per heavy atom. The van der Waals surface area contributed by atoms with Gasteiger partial charge < -0.3 is 14.2 Å². The first-order chi connectivity index (χ1) is 18.9. The number of carbonyl (C=O) groups is 1. The summed E-state index contributed by atoms with van der Waals surface area (Å²) in [4.78, 5) is 36.7. The second-order valence-corrected chi connectivity index (χ2v) is 11.0. The molecule has 11 nitrogen and oxygen atoms in total. The van der Waals surface area contributed by atoms with Gasteiger partial charge in [-0.2, -0.15) is 9.97 Å². The van der Waals surface area contributed by atoms with Gasteiger partial charge in [0.1, 0.15) is 11.6 Å². The van der Waals surface area contributed by atoms with E-state index in [1.165, 1.54) is 0 Å². The largest absolute Gasteiger partial charge is 0.378 e. The number of nitrogens with one attached hydrogen (secondary N) is 1. The zero-order chi connectivity index (χ0) is 27.1. The van der Waals surface area contributed by atoms with Crippen LogP contribution in [0.2, 0.25) is 0 Å². The fourth-order valence-corrected chi connectivity index (χ4v) is 6.26. The van der Waals surface area contributed by atoms with Crippen molar-refractivity contribution in [2.45, 2.75) is 39.2 Å². The molecule has 1 aromatic carbocycles. The van der Waals surface area contributed by atoms with E-state index in [1.807, 2.05) is 59.5 Å². The van der Waals surface area contributed by atoms with Crippen molar-refractivity contribution in [2.75, 3.05) is 44.3 Å². The summed E-state index contributed by atoms with van der Waals surface area (Å²) in [5, 5.41) is 0. The van der Waals surface area contributed by atoms with Gasteiger partial charge in [-0.15, -0.1) is 0 Å². The zero-order valence-electron chi connectivity index (χ0n) is 22.6. The number of aromatic nitrogens is 6. The quantitative estimate of drug-likeness (QED) is 0.253. The van der Waals surface area contributed by atoms with E-state index < -0.39 is 0 Å². The minimum absolute atomic E-state index is 0.0651. The van der Waals surface area contributed by atoms with Gasteiger partial charge in [-0.1, -0.05) is 12.1 Å². The van der Waals surface area contributed by atoms with E-state index in [4.69, 9.17) is 24.7 Å². The molecular weight excluding hydrogens is 609 g/mol. The summed E-state index contributed by atoms with van der Waals surface area (Å²) in [6.07, 6.45) is 2.95. The summed E-state index contributed by atoms with van der Waals surface area (Å²) < 4.78 is 12.5. The monoisotopic (exact) mass is 643 g/mol. The van der Waals surface area contributed by atoms with E-state index in [-0.39, 0.29) is 11.9 Å². The van der Waals surface area contributed by atoms with Crippen LogP contribution in [0.3, 0.4) is 0 Å². The smallest absolute Gasteiger partial charge is 0.245 e. The van der Waals surface area contributed by atoms with E-state index in [1.54, 1.807) is 0 Å². The Balaban J connectivity index is 1.35. The van der Waals surface area contributed by atoms with Crippen LogP contribution in [-0.4, -0.2) is 85.3 Å². The molecule has 5 heterocycles. The van der Waals surface area contributed by atoms with Crippen LogP contribution in [-0.2, 0) is 23.0 Å². The maximum atomic E-state index is 12.1. The molecule has 2 aliphatic heterocycles. The summed E-state index contributed by atoms with van der Waals surface area (Å²) in [5.74, 6) is 3.91. The van der Waals surface area contributed by atoms with E-state index >= 15 is 0 Å². The third-order valence-corrected chi connectivity index (χ3v) is 8.69. The van der Waals surface area contributed by atoms with Crippen LogP contribution >= 0.6 is 22.9 Å². The standard InChI is InChI=1S/C27H34IN9O2/c1-17(26(38)33-28)35-10-8-19(9-11-35)16-22-30-23-24(34(22)3)31-27(32-25(23)36-12-14-39-15-13-36)37-18(2)29-20-6-4-5-7-21(20)37/h4-7,17,19H,8-16H2,1-3H3,(H,33,38). The van der Waals surface area contributed by atoms with Crippen molar-refractivity contribution >= 4 is 56.8 Å². The molecule has 4 aromatic rings. The number of nitrogens with zero attached hydrogens (tertiary/aromatic N) is 8. The molecule has 1 N–H and O–H groups in total. The molecule has 0 saturated carbocycles. The second-order valence-electron chi connectivity index (χ2n) is 10.5. The number of likely N-dealkylation sites (tertiary alicyclic amines) is 1. The maximum Gasteiger partial charge on any atom is 0.245 e. The Labute approximate surface area is 241 Å². The minimum atomic E-state index is -0.105. The summed E-state index contributed by atoms with van der Waals surface area (Å²) in [6.45, 7) is 8.67. The van der Waals surface area contributed by atoms with Crippen molar-refractivity contribution in [3.63, 3.8) is 0 Å². The van der Waals surface area contributed by atoms with Gasteiger partial charge in [0.2, 0.25) is 11.9 Å². The normalized spacial score (nSPS) is 18.2. The highest BCUT2D eigenvalue weighted by Crippen LogP contribution is 2.30. The van der Waals surface area contributed by atoms with Crippen molar-refractivity contribution in [2.24, 2.45) is 13.0 Å². The molecule has 3 aromatic heterocycles. The third kappa shape index (κ3) is 4.97. The summed E-state index contributed by atoms with van der Waals surface area (Å²) >= 11 is 1.92.